The van der Waals surface area contributed by atoms with Crippen molar-refractivity contribution in [3.05, 3.63) is 47.9 Å². The van der Waals surface area contributed by atoms with Gasteiger partial charge < -0.3 is 10.0 Å². The number of nitrogens with zero attached hydrogens (tertiary/aromatic N) is 5. The Morgan fingerprint density at radius 1 is 1.27 bits per heavy atom. The summed E-state index contributed by atoms with van der Waals surface area (Å²) in [4.78, 5) is 29.3. The number of carboxylic acids is 1. The van der Waals surface area contributed by atoms with Crippen molar-refractivity contribution in [3.63, 3.8) is 0 Å². The summed E-state index contributed by atoms with van der Waals surface area (Å²) in [5.41, 5.74) is 2.31. The van der Waals surface area contributed by atoms with Crippen molar-refractivity contribution in [1.29, 1.82) is 0 Å². The molecule has 0 atom stereocenters. The smallest absolute Gasteiger partial charge is 0.323 e. The van der Waals surface area contributed by atoms with Crippen LogP contribution in [0, 0.1) is 6.92 Å². The van der Waals surface area contributed by atoms with Gasteiger partial charge in [0.1, 0.15) is 6.54 Å². The van der Waals surface area contributed by atoms with Gasteiger partial charge >= 0.3 is 5.97 Å². The predicted octanol–water partition coefficient (Wildman–Crippen LogP) is 2.06. The Balaban J connectivity index is 1.98. The quantitative estimate of drug-likeness (QED) is 0.753. The number of hydrogen-bond acceptors (Lipinski definition) is 5. The van der Waals surface area contributed by atoms with E-state index in [2.05, 4.69) is 15.3 Å². The summed E-state index contributed by atoms with van der Waals surface area (Å²) in [7, 11) is 0. The molecule has 0 aliphatic carbocycles. The summed E-state index contributed by atoms with van der Waals surface area (Å²) in [5.74, 6) is -1.52. The molecule has 0 aliphatic rings. The first-order valence-electron chi connectivity index (χ1n) is 8.18. The minimum atomic E-state index is -1.07. The molecule has 0 aliphatic heterocycles. The summed E-state index contributed by atoms with van der Waals surface area (Å²) in [6.07, 6.45) is 1.72. The molecule has 1 aromatic carbocycles. The first kappa shape index (κ1) is 17.5. The molecule has 8 heteroatoms. The summed E-state index contributed by atoms with van der Waals surface area (Å²) in [6.45, 7) is 4.87. The van der Waals surface area contributed by atoms with E-state index in [-0.39, 0.29) is 18.3 Å². The molecular weight excluding hydrogens is 334 g/mol. The molecule has 0 bridgehead atoms. The second-order valence-electron chi connectivity index (χ2n) is 6.24. The average molecular weight is 353 g/mol. The lowest BCUT2D eigenvalue weighted by molar-refractivity contribution is -0.138. The fourth-order valence-electron chi connectivity index (χ4n) is 2.74. The van der Waals surface area contributed by atoms with E-state index in [1.54, 1.807) is 31.6 Å². The van der Waals surface area contributed by atoms with Crippen LogP contribution in [0.25, 0.3) is 16.6 Å². The van der Waals surface area contributed by atoms with Crippen LogP contribution < -0.4 is 0 Å². The summed E-state index contributed by atoms with van der Waals surface area (Å²) < 4.78 is 1.57. The molecular formula is C18H19N5O3. The Labute approximate surface area is 150 Å². The van der Waals surface area contributed by atoms with Gasteiger partial charge in [0.05, 0.1) is 16.9 Å². The lowest BCUT2D eigenvalue weighted by Crippen LogP contribution is -2.41. The Morgan fingerprint density at radius 2 is 2.04 bits per heavy atom. The molecule has 3 aromatic rings. The highest BCUT2D eigenvalue weighted by molar-refractivity contribution is 5.95. The minimum absolute atomic E-state index is 0.145. The summed E-state index contributed by atoms with van der Waals surface area (Å²) in [6, 6.07) is 9.16. The number of pyridine rings is 1. The number of carboxylic acid groups (broad SMARTS) is 1. The van der Waals surface area contributed by atoms with Gasteiger partial charge in [-0.25, -0.2) is 4.68 Å². The number of rotatable bonds is 5. The first-order chi connectivity index (χ1) is 12.4. The average Bonchev–Trinajstić information content (AvgIpc) is 2.99. The van der Waals surface area contributed by atoms with Crippen LogP contribution in [0.2, 0.25) is 0 Å². The van der Waals surface area contributed by atoms with Crippen molar-refractivity contribution < 1.29 is 14.7 Å². The number of fused-ring (bicyclic) bond motifs is 1. The van der Waals surface area contributed by atoms with Crippen LogP contribution in [0.3, 0.4) is 0 Å². The topological polar surface area (TPSA) is 101 Å². The van der Waals surface area contributed by atoms with Crippen LogP contribution in [0.4, 0.5) is 0 Å². The predicted molar refractivity (Wildman–Crippen MR) is 95.2 cm³/mol. The van der Waals surface area contributed by atoms with Crippen molar-refractivity contribution in [3.8, 4) is 5.69 Å². The normalized spacial score (nSPS) is 11.1. The van der Waals surface area contributed by atoms with Crippen molar-refractivity contribution in [1.82, 2.24) is 24.9 Å². The van der Waals surface area contributed by atoms with Crippen LogP contribution >= 0.6 is 0 Å². The molecule has 2 aromatic heterocycles. The SMILES string of the molecule is Cc1c(C(=O)N(CC(=O)O)C(C)C)nnn1-c1ccc2ncccc2c1. The molecule has 0 fully saturated rings. The third-order valence-corrected chi connectivity index (χ3v) is 4.12. The Morgan fingerprint density at radius 3 is 2.73 bits per heavy atom. The molecule has 0 radical (unpaired) electrons. The number of benzene rings is 1. The maximum Gasteiger partial charge on any atom is 0.323 e. The Bertz CT molecular complexity index is 980. The molecule has 26 heavy (non-hydrogen) atoms. The summed E-state index contributed by atoms with van der Waals surface area (Å²) in [5, 5.41) is 18.1. The van der Waals surface area contributed by atoms with E-state index in [1.165, 1.54) is 4.90 Å². The van der Waals surface area contributed by atoms with Gasteiger partial charge in [-0.15, -0.1) is 5.10 Å². The molecule has 1 N–H and O–H groups in total. The highest BCUT2D eigenvalue weighted by atomic mass is 16.4. The van der Waals surface area contributed by atoms with E-state index in [0.29, 0.717) is 5.69 Å². The van der Waals surface area contributed by atoms with E-state index < -0.39 is 11.9 Å². The first-order valence-corrected chi connectivity index (χ1v) is 8.18. The zero-order valence-electron chi connectivity index (χ0n) is 14.7. The molecule has 0 saturated carbocycles. The number of carbonyl (C=O) groups is 2. The van der Waals surface area contributed by atoms with Crippen LogP contribution in [-0.2, 0) is 4.79 Å². The van der Waals surface area contributed by atoms with Crippen LogP contribution in [0.15, 0.2) is 36.5 Å². The van der Waals surface area contributed by atoms with Crippen molar-refractivity contribution in [2.75, 3.05) is 6.54 Å². The van der Waals surface area contributed by atoms with Crippen molar-refractivity contribution in [2.24, 2.45) is 0 Å². The third kappa shape index (κ3) is 3.26. The zero-order chi connectivity index (χ0) is 18.8. The zero-order valence-corrected chi connectivity index (χ0v) is 14.7. The Kier molecular flexibility index (Phi) is 4.66. The molecule has 3 rings (SSSR count). The van der Waals surface area contributed by atoms with Crippen LogP contribution in [0.1, 0.15) is 30.0 Å². The standard InChI is InChI=1S/C18H19N5O3/c1-11(2)22(10-16(24)25)18(26)17-12(3)23(21-20-17)14-6-7-15-13(9-14)5-4-8-19-15/h4-9,11H,10H2,1-3H3,(H,24,25). The molecule has 0 spiro atoms. The number of aromatic nitrogens is 4. The lowest BCUT2D eigenvalue weighted by atomic mass is 10.2. The maximum atomic E-state index is 12.7. The molecule has 0 unspecified atom stereocenters. The second kappa shape index (κ2) is 6.91. The molecule has 2 heterocycles. The molecule has 0 saturated heterocycles. The maximum absolute atomic E-state index is 12.7. The van der Waals surface area contributed by atoms with E-state index in [4.69, 9.17) is 5.11 Å². The van der Waals surface area contributed by atoms with Gasteiger partial charge in [0.2, 0.25) is 0 Å². The Hall–Kier alpha value is -3.29. The molecule has 8 nitrogen and oxygen atoms in total. The van der Waals surface area contributed by atoms with E-state index in [0.717, 1.165) is 16.6 Å². The summed E-state index contributed by atoms with van der Waals surface area (Å²) >= 11 is 0. The fourth-order valence-corrected chi connectivity index (χ4v) is 2.74. The van der Waals surface area contributed by atoms with Crippen LogP contribution in [0.5, 0.6) is 0 Å². The van der Waals surface area contributed by atoms with Gasteiger partial charge in [-0.2, -0.15) is 0 Å². The number of aliphatic carboxylic acids is 1. The highest BCUT2D eigenvalue weighted by Crippen LogP contribution is 2.19. The highest BCUT2D eigenvalue weighted by Gasteiger charge is 2.26. The fraction of sp³-hybridized carbons (Fsp3) is 0.278. The minimum Gasteiger partial charge on any atom is -0.480 e. The van der Waals surface area contributed by atoms with Crippen molar-refractivity contribution in [2.45, 2.75) is 26.8 Å². The van der Waals surface area contributed by atoms with Crippen LogP contribution in [-0.4, -0.2) is 54.4 Å². The van der Waals surface area contributed by atoms with Gasteiger partial charge in [-0.1, -0.05) is 11.3 Å². The lowest BCUT2D eigenvalue weighted by Gasteiger charge is -2.24. The van der Waals surface area contributed by atoms with Gasteiger partial charge in [0, 0.05) is 17.6 Å². The number of hydrogen-bond donors (Lipinski definition) is 1. The van der Waals surface area contributed by atoms with E-state index in [9.17, 15) is 9.59 Å². The van der Waals surface area contributed by atoms with Gasteiger partial charge in [-0.3, -0.25) is 14.6 Å². The number of carbonyl (C=O) groups excluding carboxylic acids is 1. The molecule has 134 valence electrons. The second-order valence-corrected chi connectivity index (χ2v) is 6.24. The van der Waals surface area contributed by atoms with E-state index in [1.807, 2.05) is 30.3 Å². The third-order valence-electron chi connectivity index (χ3n) is 4.12. The largest absolute Gasteiger partial charge is 0.480 e. The van der Waals surface area contributed by atoms with Gasteiger partial charge in [0.15, 0.2) is 5.69 Å². The van der Waals surface area contributed by atoms with Gasteiger partial charge in [0.25, 0.3) is 5.91 Å². The van der Waals surface area contributed by atoms with E-state index >= 15 is 0 Å². The molecule has 1 amide bonds. The van der Waals surface area contributed by atoms with Crippen molar-refractivity contribution >= 4 is 22.8 Å². The number of amides is 1. The monoisotopic (exact) mass is 353 g/mol. The van der Waals surface area contributed by atoms with Gasteiger partial charge in [-0.05, 0) is 45.0 Å².